The minimum atomic E-state index is -0.0235. The van der Waals surface area contributed by atoms with Crippen molar-refractivity contribution in [1.82, 2.24) is 14.7 Å². The molecule has 1 aliphatic heterocycles. The van der Waals surface area contributed by atoms with E-state index in [4.69, 9.17) is 16.3 Å². The second kappa shape index (κ2) is 7.64. The first-order valence-electron chi connectivity index (χ1n) is 7.96. The van der Waals surface area contributed by atoms with E-state index in [1.807, 2.05) is 37.3 Å². The molecule has 0 atom stereocenters. The van der Waals surface area contributed by atoms with Crippen molar-refractivity contribution in [3.63, 3.8) is 0 Å². The van der Waals surface area contributed by atoms with Crippen molar-refractivity contribution < 1.29 is 9.53 Å². The number of carbonyl (C=O) groups is 1. The first-order valence-corrected chi connectivity index (χ1v) is 8.34. The number of rotatable bonds is 4. The number of benzene rings is 1. The average molecular weight is 346 g/mol. The quantitative estimate of drug-likeness (QED) is 0.800. The van der Waals surface area contributed by atoms with Crippen molar-refractivity contribution in [3.05, 3.63) is 58.4 Å². The Hall–Kier alpha value is -2.11. The predicted molar refractivity (Wildman–Crippen MR) is 94.0 cm³/mol. The fraction of sp³-hybridized carbons (Fsp3) is 0.333. The molecule has 0 bridgehead atoms. The second-order valence-corrected chi connectivity index (χ2v) is 6.06. The number of amides is 1. The number of aryl methyl sites for hydroxylation is 1. The van der Waals surface area contributed by atoms with Gasteiger partial charge in [-0.2, -0.15) is 5.10 Å². The van der Waals surface area contributed by atoms with Crippen LogP contribution in [0.4, 0.5) is 0 Å². The zero-order valence-electron chi connectivity index (χ0n) is 13.6. The highest BCUT2D eigenvalue weighted by Crippen LogP contribution is 2.22. The third kappa shape index (κ3) is 3.86. The van der Waals surface area contributed by atoms with Gasteiger partial charge in [-0.25, -0.2) is 4.68 Å². The molecule has 1 aromatic heterocycles. The number of morpholine rings is 1. The van der Waals surface area contributed by atoms with E-state index in [1.54, 1.807) is 21.7 Å². The fourth-order valence-electron chi connectivity index (χ4n) is 2.66. The van der Waals surface area contributed by atoms with Crippen molar-refractivity contribution in [2.75, 3.05) is 26.3 Å². The number of ether oxygens (including phenoxy) is 1. The third-order valence-electron chi connectivity index (χ3n) is 4.00. The molecule has 0 spiro atoms. The predicted octanol–water partition coefficient (Wildman–Crippen LogP) is 2.77. The van der Waals surface area contributed by atoms with Crippen LogP contribution in [-0.2, 0) is 16.1 Å². The number of carbonyl (C=O) groups excluding carboxylic acids is 1. The van der Waals surface area contributed by atoms with Crippen molar-refractivity contribution in [3.8, 4) is 0 Å². The molecule has 5 nitrogen and oxygen atoms in total. The molecule has 3 rings (SSSR count). The normalized spacial score (nSPS) is 15.2. The van der Waals surface area contributed by atoms with Crippen molar-refractivity contribution in [2.45, 2.75) is 13.5 Å². The Morgan fingerprint density at radius 1 is 1.29 bits per heavy atom. The summed E-state index contributed by atoms with van der Waals surface area (Å²) in [4.78, 5) is 14.0. The Balaban J connectivity index is 1.74. The third-order valence-corrected chi connectivity index (χ3v) is 4.40. The first-order chi connectivity index (χ1) is 11.6. The molecule has 0 radical (unpaired) electrons. The van der Waals surface area contributed by atoms with Crippen molar-refractivity contribution in [2.24, 2.45) is 0 Å². The van der Waals surface area contributed by atoms with Gasteiger partial charge in [0.2, 0.25) is 5.91 Å². The first kappa shape index (κ1) is 16.7. The number of hydrogen-bond donors (Lipinski definition) is 0. The second-order valence-electron chi connectivity index (χ2n) is 5.70. The smallest absolute Gasteiger partial charge is 0.246 e. The molecule has 1 aliphatic rings. The fourth-order valence-corrected chi connectivity index (χ4v) is 2.96. The molecule has 24 heavy (non-hydrogen) atoms. The molecule has 2 heterocycles. The topological polar surface area (TPSA) is 47.4 Å². The molecule has 1 amide bonds. The van der Waals surface area contributed by atoms with Crippen molar-refractivity contribution in [1.29, 1.82) is 0 Å². The molecule has 2 aromatic rings. The highest BCUT2D eigenvalue weighted by Gasteiger charge is 2.16. The summed E-state index contributed by atoms with van der Waals surface area (Å²) >= 11 is 6.45. The van der Waals surface area contributed by atoms with Gasteiger partial charge in [-0.15, -0.1) is 0 Å². The maximum Gasteiger partial charge on any atom is 0.246 e. The summed E-state index contributed by atoms with van der Waals surface area (Å²) in [5.41, 5.74) is 2.72. The summed E-state index contributed by atoms with van der Waals surface area (Å²) in [6, 6.07) is 10.0. The highest BCUT2D eigenvalue weighted by atomic mass is 35.5. The summed E-state index contributed by atoms with van der Waals surface area (Å²) in [6.45, 7) is 4.94. The van der Waals surface area contributed by atoms with E-state index in [1.165, 1.54) is 0 Å². The maximum atomic E-state index is 12.2. The molecule has 1 saturated heterocycles. The lowest BCUT2D eigenvalue weighted by molar-refractivity contribution is -0.129. The van der Waals surface area contributed by atoms with Gasteiger partial charge in [0.05, 0.1) is 25.5 Å². The van der Waals surface area contributed by atoms with Crippen molar-refractivity contribution >= 4 is 23.6 Å². The molecule has 0 N–H and O–H groups in total. The van der Waals surface area contributed by atoms with Crippen LogP contribution in [0.15, 0.2) is 36.4 Å². The van der Waals surface area contributed by atoms with Gasteiger partial charge >= 0.3 is 0 Å². The molecule has 0 unspecified atom stereocenters. The molecular formula is C18H20ClN3O2. The van der Waals surface area contributed by atoms with Gasteiger partial charge in [0.25, 0.3) is 0 Å². The lowest BCUT2D eigenvalue weighted by Gasteiger charge is -2.25. The largest absolute Gasteiger partial charge is 0.378 e. The van der Waals surface area contributed by atoms with Gasteiger partial charge in [0.1, 0.15) is 5.15 Å². The van der Waals surface area contributed by atoms with Gasteiger partial charge in [-0.1, -0.05) is 41.9 Å². The van der Waals surface area contributed by atoms with Gasteiger partial charge in [-0.05, 0) is 18.6 Å². The van der Waals surface area contributed by atoms with Crippen LogP contribution in [0, 0.1) is 6.92 Å². The number of aromatic nitrogens is 2. The lowest BCUT2D eigenvalue weighted by atomic mass is 10.2. The minimum Gasteiger partial charge on any atom is -0.378 e. The van der Waals surface area contributed by atoms with Gasteiger partial charge in [0, 0.05) is 24.7 Å². The summed E-state index contributed by atoms with van der Waals surface area (Å²) in [5, 5.41) is 5.03. The van der Waals surface area contributed by atoms with E-state index in [-0.39, 0.29) is 5.91 Å². The number of halogens is 1. The Morgan fingerprint density at radius 3 is 2.71 bits per heavy atom. The van der Waals surface area contributed by atoms with Crippen LogP contribution in [0.25, 0.3) is 6.08 Å². The monoisotopic (exact) mass is 345 g/mol. The van der Waals surface area contributed by atoms with Crippen LogP contribution in [-0.4, -0.2) is 46.9 Å². The summed E-state index contributed by atoms with van der Waals surface area (Å²) in [7, 11) is 0. The van der Waals surface area contributed by atoms with Gasteiger partial charge in [0.15, 0.2) is 0 Å². The molecular weight excluding hydrogens is 326 g/mol. The molecule has 0 saturated carbocycles. The zero-order valence-corrected chi connectivity index (χ0v) is 14.4. The minimum absolute atomic E-state index is 0.0235. The van der Waals surface area contributed by atoms with Gasteiger partial charge < -0.3 is 9.64 Å². The van der Waals surface area contributed by atoms with E-state index in [2.05, 4.69) is 5.10 Å². The standard InChI is InChI=1S/C18H20ClN3O2/c1-14-16(7-8-17(23)21-9-11-24-12-10-21)18(19)22(20-14)13-15-5-3-2-4-6-15/h2-8H,9-13H2,1H3/b8-7+. The van der Waals surface area contributed by atoms with Crippen LogP contribution in [0.3, 0.4) is 0 Å². The summed E-state index contributed by atoms with van der Waals surface area (Å²) < 4.78 is 7.01. The summed E-state index contributed by atoms with van der Waals surface area (Å²) in [6.07, 6.45) is 3.32. The highest BCUT2D eigenvalue weighted by molar-refractivity contribution is 6.31. The molecule has 1 aromatic carbocycles. The molecule has 1 fully saturated rings. The Morgan fingerprint density at radius 2 is 2.00 bits per heavy atom. The van der Waals surface area contributed by atoms with Gasteiger partial charge in [-0.3, -0.25) is 4.79 Å². The molecule has 0 aliphatic carbocycles. The SMILES string of the molecule is Cc1nn(Cc2ccccc2)c(Cl)c1/C=C/C(=O)N1CCOCC1. The average Bonchev–Trinajstić information content (AvgIpc) is 2.88. The Labute approximate surface area is 146 Å². The van der Waals surface area contributed by atoms with Crippen LogP contribution in [0.2, 0.25) is 5.15 Å². The van der Waals surface area contributed by atoms with Crippen LogP contribution in [0.1, 0.15) is 16.8 Å². The van der Waals surface area contributed by atoms with E-state index < -0.39 is 0 Å². The Bertz CT molecular complexity index is 734. The van der Waals surface area contributed by atoms with Crippen LogP contribution in [0.5, 0.6) is 0 Å². The number of nitrogens with zero attached hydrogens (tertiary/aromatic N) is 3. The number of hydrogen-bond acceptors (Lipinski definition) is 3. The van der Waals surface area contributed by atoms with E-state index >= 15 is 0 Å². The lowest BCUT2D eigenvalue weighted by Crippen LogP contribution is -2.39. The van der Waals surface area contributed by atoms with E-state index in [0.29, 0.717) is 38.0 Å². The zero-order chi connectivity index (χ0) is 16.9. The van der Waals surface area contributed by atoms with Crippen LogP contribution < -0.4 is 0 Å². The molecule has 126 valence electrons. The van der Waals surface area contributed by atoms with Crippen LogP contribution >= 0.6 is 11.6 Å². The Kier molecular flexibility index (Phi) is 5.33. The van der Waals surface area contributed by atoms with E-state index in [9.17, 15) is 4.79 Å². The maximum absolute atomic E-state index is 12.2. The van der Waals surface area contributed by atoms with E-state index in [0.717, 1.165) is 16.8 Å². The summed E-state index contributed by atoms with van der Waals surface area (Å²) in [5.74, 6) is -0.0235. The molecule has 6 heteroatoms.